The van der Waals surface area contributed by atoms with Crippen molar-refractivity contribution in [3.63, 3.8) is 0 Å². The van der Waals surface area contributed by atoms with E-state index in [4.69, 9.17) is 4.74 Å². The van der Waals surface area contributed by atoms with Gasteiger partial charge in [-0.2, -0.15) is 0 Å². The Labute approximate surface area is 159 Å². The number of aromatic amines is 1. The van der Waals surface area contributed by atoms with Crippen LogP contribution in [0.5, 0.6) is 5.75 Å². The number of nitrogens with zero attached hydrogens (tertiary/aromatic N) is 2. The van der Waals surface area contributed by atoms with Gasteiger partial charge in [-0.1, -0.05) is 0 Å². The topological polar surface area (TPSA) is 77.7 Å². The van der Waals surface area contributed by atoms with Crippen molar-refractivity contribution in [2.75, 3.05) is 40.8 Å². The predicted octanol–water partition coefficient (Wildman–Crippen LogP) is 2.23. The van der Waals surface area contributed by atoms with Gasteiger partial charge in [0.05, 0.1) is 13.0 Å². The van der Waals surface area contributed by atoms with Gasteiger partial charge in [-0.3, -0.25) is 4.79 Å². The van der Waals surface area contributed by atoms with Gasteiger partial charge in [0.25, 0.3) is 0 Å². The lowest BCUT2D eigenvalue weighted by Crippen LogP contribution is -2.48. The standard InChI is InChI=1S/C20H28N4O3/c1-23(2)20(26)24-10-4-5-15(13-24)19(25)21-9-8-14-12-22-18-7-6-16(27-3)11-17(14)18/h6-7,11-12,15,22H,4-5,8-10,13H2,1-3H3,(H,21,25)/t15-/m1/s1. The lowest BCUT2D eigenvalue weighted by atomic mass is 9.97. The van der Waals surface area contributed by atoms with Gasteiger partial charge in [0.2, 0.25) is 5.91 Å². The Bertz CT molecular complexity index is 815. The molecule has 1 aromatic heterocycles. The van der Waals surface area contributed by atoms with Crippen molar-refractivity contribution >= 4 is 22.8 Å². The Hall–Kier alpha value is -2.70. The van der Waals surface area contributed by atoms with Crippen LogP contribution in [0.2, 0.25) is 0 Å². The molecule has 3 rings (SSSR count). The number of urea groups is 1. The zero-order chi connectivity index (χ0) is 19.4. The highest BCUT2D eigenvalue weighted by Gasteiger charge is 2.28. The van der Waals surface area contributed by atoms with E-state index in [-0.39, 0.29) is 17.9 Å². The summed E-state index contributed by atoms with van der Waals surface area (Å²) >= 11 is 0. The minimum absolute atomic E-state index is 0.0276. The molecule has 0 saturated carbocycles. The van der Waals surface area contributed by atoms with E-state index in [1.54, 1.807) is 31.0 Å². The quantitative estimate of drug-likeness (QED) is 0.845. The van der Waals surface area contributed by atoms with Gasteiger partial charge in [0, 0.05) is 50.8 Å². The molecule has 7 heteroatoms. The highest BCUT2D eigenvalue weighted by Crippen LogP contribution is 2.24. The van der Waals surface area contributed by atoms with Crippen LogP contribution in [-0.2, 0) is 11.2 Å². The Balaban J connectivity index is 1.54. The van der Waals surface area contributed by atoms with Crippen LogP contribution in [0.1, 0.15) is 18.4 Å². The van der Waals surface area contributed by atoms with E-state index in [0.717, 1.165) is 48.0 Å². The van der Waals surface area contributed by atoms with Gasteiger partial charge in [-0.05, 0) is 43.0 Å². The molecule has 0 aliphatic carbocycles. The number of amides is 3. The fourth-order valence-corrected chi connectivity index (χ4v) is 3.60. The highest BCUT2D eigenvalue weighted by molar-refractivity contribution is 5.85. The summed E-state index contributed by atoms with van der Waals surface area (Å²) < 4.78 is 5.30. The van der Waals surface area contributed by atoms with Crippen LogP contribution in [0.25, 0.3) is 10.9 Å². The first-order valence-electron chi connectivity index (χ1n) is 9.37. The molecule has 1 saturated heterocycles. The van der Waals surface area contributed by atoms with Crippen LogP contribution < -0.4 is 10.1 Å². The third-order valence-electron chi connectivity index (χ3n) is 5.11. The second-order valence-electron chi connectivity index (χ2n) is 7.23. The molecule has 1 fully saturated rings. The second kappa shape index (κ2) is 8.33. The molecule has 0 spiro atoms. The van der Waals surface area contributed by atoms with E-state index in [1.807, 2.05) is 24.4 Å². The second-order valence-corrected chi connectivity index (χ2v) is 7.23. The van der Waals surface area contributed by atoms with Crippen molar-refractivity contribution in [2.24, 2.45) is 5.92 Å². The summed E-state index contributed by atoms with van der Waals surface area (Å²) in [7, 11) is 5.13. The summed E-state index contributed by atoms with van der Waals surface area (Å²) in [6.07, 6.45) is 4.41. The molecule has 3 amide bonds. The molecule has 0 radical (unpaired) electrons. The molecule has 2 aromatic rings. The third-order valence-corrected chi connectivity index (χ3v) is 5.11. The van der Waals surface area contributed by atoms with Crippen molar-refractivity contribution in [3.8, 4) is 5.75 Å². The maximum Gasteiger partial charge on any atom is 0.319 e. The van der Waals surface area contributed by atoms with E-state index >= 15 is 0 Å². The normalized spacial score (nSPS) is 17.0. The molecule has 2 heterocycles. The number of carbonyl (C=O) groups is 2. The summed E-state index contributed by atoms with van der Waals surface area (Å²) in [4.78, 5) is 31.2. The summed E-state index contributed by atoms with van der Waals surface area (Å²) in [5, 5.41) is 4.15. The molecule has 1 aliphatic rings. The Morgan fingerprint density at radius 1 is 1.37 bits per heavy atom. The number of methoxy groups -OCH3 is 1. The molecule has 2 N–H and O–H groups in total. The van der Waals surface area contributed by atoms with Crippen LogP contribution >= 0.6 is 0 Å². The van der Waals surface area contributed by atoms with Crippen molar-refractivity contribution in [3.05, 3.63) is 30.0 Å². The largest absolute Gasteiger partial charge is 0.497 e. The van der Waals surface area contributed by atoms with E-state index < -0.39 is 0 Å². The number of piperidine rings is 1. The van der Waals surface area contributed by atoms with Crippen LogP contribution in [0.15, 0.2) is 24.4 Å². The number of hydrogen-bond acceptors (Lipinski definition) is 3. The Morgan fingerprint density at radius 2 is 2.19 bits per heavy atom. The van der Waals surface area contributed by atoms with E-state index in [1.165, 1.54) is 0 Å². The molecule has 0 unspecified atom stereocenters. The van der Waals surface area contributed by atoms with Gasteiger partial charge in [0.15, 0.2) is 0 Å². The summed E-state index contributed by atoms with van der Waals surface area (Å²) in [6.45, 7) is 1.78. The number of nitrogens with one attached hydrogen (secondary N) is 2. The minimum atomic E-state index is -0.134. The molecule has 146 valence electrons. The van der Waals surface area contributed by atoms with Crippen LogP contribution in [0.3, 0.4) is 0 Å². The number of carbonyl (C=O) groups excluding carboxylic acids is 2. The monoisotopic (exact) mass is 372 g/mol. The van der Waals surface area contributed by atoms with Gasteiger partial charge in [0.1, 0.15) is 5.75 Å². The first kappa shape index (κ1) is 19.1. The number of benzene rings is 1. The van der Waals surface area contributed by atoms with Crippen molar-refractivity contribution in [2.45, 2.75) is 19.3 Å². The number of aromatic nitrogens is 1. The molecular weight excluding hydrogens is 344 g/mol. The molecule has 1 atom stereocenters. The molecular formula is C20H28N4O3. The van der Waals surface area contributed by atoms with Gasteiger partial charge >= 0.3 is 6.03 Å². The Kier molecular flexibility index (Phi) is 5.88. The molecule has 0 bridgehead atoms. The number of likely N-dealkylation sites (tertiary alicyclic amines) is 1. The summed E-state index contributed by atoms with van der Waals surface area (Å²) in [5.74, 6) is 0.717. The van der Waals surface area contributed by atoms with Crippen molar-refractivity contribution in [1.82, 2.24) is 20.1 Å². The number of hydrogen-bond donors (Lipinski definition) is 2. The van der Waals surface area contributed by atoms with Gasteiger partial charge < -0.3 is 24.8 Å². The third kappa shape index (κ3) is 4.35. The van der Waals surface area contributed by atoms with Crippen LogP contribution in [-0.4, -0.2) is 67.6 Å². The lowest BCUT2D eigenvalue weighted by molar-refractivity contribution is -0.126. The molecule has 7 nitrogen and oxygen atoms in total. The lowest BCUT2D eigenvalue weighted by Gasteiger charge is -2.33. The van der Waals surface area contributed by atoms with Crippen LogP contribution in [0, 0.1) is 5.92 Å². The predicted molar refractivity (Wildman–Crippen MR) is 105 cm³/mol. The van der Waals surface area contributed by atoms with E-state index in [2.05, 4.69) is 10.3 Å². The number of H-pyrrole nitrogens is 1. The van der Waals surface area contributed by atoms with Crippen LogP contribution in [0.4, 0.5) is 4.79 Å². The number of fused-ring (bicyclic) bond motifs is 1. The zero-order valence-corrected chi connectivity index (χ0v) is 16.2. The van der Waals surface area contributed by atoms with Crippen molar-refractivity contribution in [1.29, 1.82) is 0 Å². The van der Waals surface area contributed by atoms with Gasteiger partial charge in [-0.25, -0.2) is 4.79 Å². The minimum Gasteiger partial charge on any atom is -0.497 e. The number of ether oxygens (including phenoxy) is 1. The smallest absolute Gasteiger partial charge is 0.319 e. The maximum absolute atomic E-state index is 12.5. The Morgan fingerprint density at radius 3 is 2.93 bits per heavy atom. The zero-order valence-electron chi connectivity index (χ0n) is 16.2. The summed E-state index contributed by atoms with van der Waals surface area (Å²) in [5.41, 5.74) is 2.21. The highest BCUT2D eigenvalue weighted by atomic mass is 16.5. The average Bonchev–Trinajstić information content (AvgIpc) is 3.09. The fourth-order valence-electron chi connectivity index (χ4n) is 3.60. The summed E-state index contributed by atoms with van der Waals surface area (Å²) in [6, 6.07) is 5.90. The average molecular weight is 372 g/mol. The molecule has 1 aliphatic heterocycles. The maximum atomic E-state index is 12.5. The first-order chi connectivity index (χ1) is 13.0. The molecule has 27 heavy (non-hydrogen) atoms. The SMILES string of the molecule is COc1ccc2[nH]cc(CCNC(=O)[C@@H]3CCCN(C(=O)N(C)C)C3)c2c1. The van der Waals surface area contributed by atoms with E-state index in [9.17, 15) is 9.59 Å². The first-order valence-corrected chi connectivity index (χ1v) is 9.37. The fraction of sp³-hybridized carbons (Fsp3) is 0.500. The van der Waals surface area contributed by atoms with E-state index in [0.29, 0.717) is 13.1 Å². The van der Waals surface area contributed by atoms with Crippen molar-refractivity contribution < 1.29 is 14.3 Å². The molecule has 1 aromatic carbocycles. The van der Waals surface area contributed by atoms with Gasteiger partial charge in [-0.15, -0.1) is 0 Å². The number of rotatable bonds is 5.